The van der Waals surface area contributed by atoms with E-state index in [2.05, 4.69) is 5.32 Å². The molecule has 4 nitrogen and oxygen atoms in total. The molecule has 0 aliphatic carbocycles. The molecule has 0 aliphatic heterocycles. The molecule has 0 aliphatic rings. The Morgan fingerprint density at radius 3 is 2.22 bits per heavy atom. The second-order valence-electron chi connectivity index (χ2n) is 5.76. The fraction of sp³-hybridized carbons (Fsp3) is 0.0909. The van der Waals surface area contributed by atoms with E-state index in [1.54, 1.807) is 43.5 Å². The highest BCUT2D eigenvalue weighted by Crippen LogP contribution is 2.29. The van der Waals surface area contributed by atoms with Crippen LogP contribution in [0.25, 0.3) is 0 Å². The van der Waals surface area contributed by atoms with Crippen molar-refractivity contribution in [3.05, 3.63) is 90.0 Å². The van der Waals surface area contributed by atoms with Gasteiger partial charge in [-0.1, -0.05) is 30.3 Å². The summed E-state index contributed by atoms with van der Waals surface area (Å²) in [5.74, 6) is 0.915. The van der Waals surface area contributed by atoms with Gasteiger partial charge >= 0.3 is 0 Å². The number of ketones is 1. The van der Waals surface area contributed by atoms with Crippen LogP contribution in [0.5, 0.6) is 5.75 Å². The van der Waals surface area contributed by atoms with Gasteiger partial charge < -0.3 is 10.1 Å². The maximum absolute atomic E-state index is 12.4. The number of rotatable bonds is 7. The molecule has 0 radical (unpaired) electrons. The predicted molar refractivity (Wildman–Crippen MR) is 109 cm³/mol. The third kappa shape index (κ3) is 4.99. The Labute approximate surface area is 162 Å². The lowest BCUT2D eigenvalue weighted by Crippen LogP contribution is -2.11. The molecule has 3 aromatic carbocycles. The molecule has 0 spiro atoms. The zero-order chi connectivity index (χ0) is 19.1. The molecule has 0 aromatic heterocycles. The number of hydrogen-bond acceptors (Lipinski definition) is 4. The largest absolute Gasteiger partial charge is 0.496 e. The predicted octanol–water partition coefficient (Wildman–Crippen LogP) is 4.92. The van der Waals surface area contributed by atoms with E-state index in [0.29, 0.717) is 22.6 Å². The van der Waals surface area contributed by atoms with Crippen molar-refractivity contribution in [2.75, 3.05) is 18.2 Å². The summed E-state index contributed by atoms with van der Waals surface area (Å²) in [7, 11) is 1.61. The lowest BCUT2D eigenvalue weighted by Gasteiger charge is -2.08. The van der Waals surface area contributed by atoms with Crippen LogP contribution in [-0.2, 0) is 0 Å². The maximum atomic E-state index is 12.4. The number of benzene rings is 3. The number of nitrogens with one attached hydrogen (secondary N) is 1. The third-order valence-electron chi connectivity index (χ3n) is 3.93. The molecule has 0 saturated carbocycles. The highest BCUT2D eigenvalue weighted by molar-refractivity contribution is 8.00. The number of carbonyl (C=O) groups excluding carboxylic acids is 2. The average Bonchev–Trinajstić information content (AvgIpc) is 2.73. The molecule has 27 heavy (non-hydrogen) atoms. The van der Waals surface area contributed by atoms with Gasteiger partial charge in [0.2, 0.25) is 0 Å². The zero-order valence-electron chi connectivity index (χ0n) is 14.8. The van der Waals surface area contributed by atoms with Crippen molar-refractivity contribution in [1.82, 2.24) is 0 Å². The normalized spacial score (nSPS) is 10.3. The second kappa shape index (κ2) is 9.05. The van der Waals surface area contributed by atoms with Crippen LogP contribution in [0.2, 0.25) is 0 Å². The molecule has 0 bridgehead atoms. The van der Waals surface area contributed by atoms with Crippen LogP contribution in [0, 0.1) is 0 Å². The maximum Gasteiger partial charge on any atom is 0.255 e. The number of methoxy groups -OCH3 is 1. The number of carbonyl (C=O) groups is 2. The van der Waals surface area contributed by atoms with Gasteiger partial charge in [0.15, 0.2) is 5.78 Å². The number of ether oxygens (including phenoxy) is 1. The minimum absolute atomic E-state index is 0.0202. The molecule has 136 valence electrons. The zero-order valence-corrected chi connectivity index (χ0v) is 15.7. The number of anilines is 1. The quantitative estimate of drug-likeness (QED) is 0.469. The highest BCUT2D eigenvalue weighted by Gasteiger charge is 2.10. The summed E-state index contributed by atoms with van der Waals surface area (Å²) in [6.45, 7) is 0. The summed E-state index contributed by atoms with van der Waals surface area (Å²) in [5, 5.41) is 2.83. The van der Waals surface area contributed by atoms with Gasteiger partial charge in [-0.25, -0.2) is 0 Å². The van der Waals surface area contributed by atoms with Crippen molar-refractivity contribution in [1.29, 1.82) is 0 Å². The number of para-hydroxylation sites is 1. The Morgan fingerprint density at radius 1 is 0.852 bits per heavy atom. The van der Waals surface area contributed by atoms with E-state index in [4.69, 9.17) is 4.74 Å². The fourth-order valence-electron chi connectivity index (χ4n) is 2.50. The Hall–Kier alpha value is -3.05. The third-order valence-corrected chi connectivity index (χ3v) is 4.98. The van der Waals surface area contributed by atoms with Crippen molar-refractivity contribution < 1.29 is 14.3 Å². The number of Topliss-reactive ketones (excluding diaryl/α,β-unsaturated/α-hetero) is 1. The molecular weight excluding hydrogens is 358 g/mol. The fourth-order valence-corrected chi connectivity index (χ4v) is 3.42. The molecule has 1 N–H and O–H groups in total. The van der Waals surface area contributed by atoms with Crippen LogP contribution in [0.3, 0.4) is 0 Å². The standard InChI is InChI=1S/C22H19NO3S/c1-26-20-9-5-6-10-21(20)27-15-19(24)16-11-13-18(14-12-16)23-22(25)17-7-3-2-4-8-17/h2-14H,15H2,1H3,(H,23,25). The van der Waals surface area contributed by atoms with E-state index in [1.807, 2.05) is 42.5 Å². The van der Waals surface area contributed by atoms with Crippen LogP contribution < -0.4 is 10.1 Å². The first-order valence-electron chi connectivity index (χ1n) is 8.43. The summed E-state index contributed by atoms with van der Waals surface area (Å²) in [6.07, 6.45) is 0. The van der Waals surface area contributed by atoms with E-state index in [1.165, 1.54) is 11.8 Å². The molecule has 1 amide bonds. The van der Waals surface area contributed by atoms with E-state index >= 15 is 0 Å². The Balaban J connectivity index is 1.59. The SMILES string of the molecule is COc1ccccc1SCC(=O)c1ccc(NC(=O)c2ccccc2)cc1. The molecule has 0 unspecified atom stereocenters. The highest BCUT2D eigenvalue weighted by atomic mass is 32.2. The second-order valence-corrected chi connectivity index (χ2v) is 6.78. The summed E-state index contributed by atoms with van der Waals surface area (Å²) in [5.41, 5.74) is 1.85. The molecule has 0 saturated heterocycles. The minimum atomic E-state index is -0.179. The van der Waals surface area contributed by atoms with Crippen molar-refractivity contribution in [3.63, 3.8) is 0 Å². The van der Waals surface area contributed by atoms with E-state index in [0.717, 1.165) is 10.6 Å². The van der Waals surface area contributed by atoms with Gasteiger partial charge in [-0.15, -0.1) is 11.8 Å². The molecule has 5 heteroatoms. The van der Waals surface area contributed by atoms with Gasteiger partial charge in [0, 0.05) is 21.7 Å². The monoisotopic (exact) mass is 377 g/mol. The van der Waals surface area contributed by atoms with Crippen LogP contribution in [-0.4, -0.2) is 24.6 Å². The summed E-state index contributed by atoms with van der Waals surface area (Å²) in [6, 6.07) is 23.5. The Kier molecular flexibility index (Phi) is 6.28. The number of thioether (sulfide) groups is 1. The average molecular weight is 377 g/mol. The first-order chi connectivity index (χ1) is 13.2. The van der Waals surface area contributed by atoms with Crippen molar-refractivity contribution in [2.45, 2.75) is 4.90 Å². The van der Waals surface area contributed by atoms with Crippen molar-refractivity contribution in [2.24, 2.45) is 0 Å². The number of amides is 1. The van der Waals surface area contributed by atoms with Gasteiger partial charge in [0.05, 0.1) is 12.9 Å². The Morgan fingerprint density at radius 2 is 1.52 bits per heavy atom. The van der Waals surface area contributed by atoms with Gasteiger partial charge in [-0.05, 0) is 48.5 Å². The Bertz CT molecular complexity index is 924. The first kappa shape index (κ1) is 18.7. The van der Waals surface area contributed by atoms with E-state index < -0.39 is 0 Å². The molecular formula is C22H19NO3S. The first-order valence-corrected chi connectivity index (χ1v) is 9.41. The van der Waals surface area contributed by atoms with Crippen LogP contribution in [0.4, 0.5) is 5.69 Å². The van der Waals surface area contributed by atoms with Gasteiger partial charge in [-0.2, -0.15) is 0 Å². The van der Waals surface area contributed by atoms with Crippen LogP contribution >= 0.6 is 11.8 Å². The van der Waals surface area contributed by atoms with Crippen molar-refractivity contribution in [3.8, 4) is 5.75 Å². The van der Waals surface area contributed by atoms with Gasteiger partial charge in [0.1, 0.15) is 5.75 Å². The van der Waals surface area contributed by atoms with Crippen LogP contribution in [0.15, 0.2) is 83.8 Å². The minimum Gasteiger partial charge on any atom is -0.496 e. The smallest absolute Gasteiger partial charge is 0.255 e. The molecule has 0 fully saturated rings. The molecule has 3 rings (SSSR count). The topological polar surface area (TPSA) is 55.4 Å². The van der Waals surface area contributed by atoms with Crippen LogP contribution in [0.1, 0.15) is 20.7 Å². The lowest BCUT2D eigenvalue weighted by atomic mass is 10.1. The lowest BCUT2D eigenvalue weighted by molar-refractivity contribution is 0.101. The number of hydrogen-bond donors (Lipinski definition) is 1. The van der Waals surface area contributed by atoms with E-state index in [-0.39, 0.29) is 11.7 Å². The summed E-state index contributed by atoms with van der Waals surface area (Å²) >= 11 is 1.44. The van der Waals surface area contributed by atoms with Crippen molar-refractivity contribution >= 4 is 29.1 Å². The van der Waals surface area contributed by atoms with Gasteiger partial charge in [0.25, 0.3) is 5.91 Å². The summed E-state index contributed by atoms with van der Waals surface area (Å²) < 4.78 is 5.30. The molecule has 3 aromatic rings. The summed E-state index contributed by atoms with van der Waals surface area (Å²) in [4.78, 5) is 25.5. The van der Waals surface area contributed by atoms with Gasteiger partial charge in [-0.3, -0.25) is 9.59 Å². The van der Waals surface area contributed by atoms with E-state index in [9.17, 15) is 9.59 Å². The molecule has 0 heterocycles. The molecule has 0 atom stereocenters.